The number of carbonyl (C=O) groups excluding carboxylic acids is 5. The van der Waals surface area contributed by atoms with Gasteiger partial charge in [0, 0.05) is 49.2 Å². The number of aromatic nitrogens is 4. The second-order valence-corrected chi connectivity index (χ2v) is 15.1. The summed E-state index contributed by atoms with van der Waals surface area (Å²) in [5, 5.41) is 7.89. The van der Waals surface area contributed by atoms with Crippen LogP contribution in [0, 0.1) is 5.92 Å². The molecule has 2 atom stereocenters. The van der Waals surface area contributed by atoms with Crippen molar-refractivity contribution in [2.75, 3.05) is 29.5 Å². The number of nitrogen functional groups attached to an aromatic ring is 1. The summed E-state index contributed by atoms with van der Waals surface area (Å²) in [6.07, 6.45) is 2.34. The van der Waals surface area contributed by atoms with Crippen LogP contribution < -0.4 is 16.4 Å². The molecule has 5 heterocycles. The molecule has 0 aromatic carbocycles. The van der Waals surface area contributed by atoms with Gasteiger partial charge in [0.05, 0.1) is 24.0 Å². The van der Waals surface area contributed by atoms with Crippen molar-refractivity contribution in [2.24, 2.45) is 23.9 Å². The van der Waals surface area contributed by atoms with E-state index in [1.165, 1.54) is 30.5 Å². The quantitative estimate of drug-likeness (QED) is 0.131. The fraction of sp³-hybridized carbons (Fsp3) is 0.567. The summed E-state index contributed by atoms with van der Waals surface area (Å²) >= 11 is 2.31. The number of rotatable bonds is 13. The van der Waals surface area contributed by atoms with E-state index < -0.39 is 34.2 Å². The van der Waals surface area contributed by atoms with E-state index >= 15 is 0 Å². The molecule has 1 saturated heterocycles. The lowest BCUT2D eigenvalue weighted by molar-refractivity contribution is -0.179. The van der Waals surface area contributed by atoms with E-state index in [1.807, 2.05) is 0 Å². The Kier molecular flexibility index (Phi) is 9.81. The SMILES string of the molecule is Cn1ncc(CC(=O)CCCN)c1N1CC2=C(C1=O)N1C(=O)[C@@H](CC(=O)/C(=N\OC(C)(C)C(=O)OC(C)(C)C)c3nsc(N)n3)[C@H]1SC2. The first-order valence-corrected chi connectivity index (χ1v) is 17.2. The van der Waals surface area contributed by atoms with Crippen LogP contribution in [0.15, 0.2) is 22.6 Å². The van der Waals surface area contributed by atoms with Crippen molar-refractivity contribution < 1.29 is 33.5 Å². The maximum Gasteiger partial charge on any atom is 0.353 e. The highest BCUT2D eigenvalue weighted by molar-refractivity contribution is 8.00. The molecular formula is C30H39N9O7S2. The van der Waals surface area contributed by atoms with Crippen molar-refractivity contribution in [3.8, 4) is 0 Å². The Bertz CT molecular complexity index is 1720. The minimum Gasteiger partial charge on any atom is -0.457 e. The maximum absolute atomic E-state index is 13.8. The molecule has 3 aliphatic heterocycles. The standard InChI is InChI=1S/C30H39N9O7S2/c1-29(2,3)45-27(44)30(4,5)46-35-20(22-34-28(32)48-36-22)19(41)11-18-24(42)39-21-16(14-47-26(18)39)13-38(25(21)43)23-15(12-33-37(23)6)10-17(40)8-7-9-31/h12,18,26H,7-11,13-14,31H2,1-6H3,(H2,32,34,36)/b35-20+/t18-,26-/m1/s1. The van der Waals surface area contributed by atoms with Gasteiger partial charge in [0.1, 0.15) is 22.9 Å². The van der Waals surface area contributed by atoms with Crippen molar-refractivity contribution in [1.29, 1.82) is 0 Å². The van der Waals surface area contributed by atoms with Gasteiger partial charge in [-0.2, -0.15) is 14.5 Å². The molecule has 5 rings (SSSR count). The first-order valence-electron chi connectivity index (χ1n) is 15.4. The molecule has 2 amide bonds. The molecule has 0 aliphatic carbocycles. The van der Waals surface area contributed by atoms with Gasteiger partial charge < -0.3 is 21.0 Å². The normalized spacial score (nSPS) is 19.7. The Morgan fingerprint density at radius 2 is 1.90 bits per heavy atom. The number of oxime groups is 1. The number of ether oxygens (including phenoxy) is 1. The molecule has 1 fully saturated rings. The smallest absolute Gasteiger partial charge is 0.353 e. The minimum atomic E-state index is -1.56. The molecule has 0 bridgehead atoms. The number of nitrogens with zero attached hydrogens (tertiary/aromatic N) is 7. The number of Topliss-reactive ketones (excluding diaryl/α,β-unsaturated/α-hetero) is 2. The number of ketones is 2. The molecule has 2 aromatic heterocycles. The number of nitrogens with two attached hydrogens (primary N) is 2. The molecule has 258 valence electrons. The van der Waals surface area contributed by atoms with E-state index in [4.69, 9.17) is 21.0 Å². The Morgan fingerprint density at radius 3 is 2.54 bits per heavy atom. The van der Waals surface area contributed by atoms with Crippen LogP contribution in [0.4, 0.5) is 10.9 Å². The van der Waals surface area contributed by atoms with Crippen molar-refractivity contribution in [3.05, 3.63) is 28.9 Å². The Morgan fingerprint density at radius 1 is 1.17 bits per heavy atom. The van der Waals surface area contributed by atoms with Gasteiger partial charge in [-0.05, 0) is 53.2 Å². The molecule has 0 spiro atoms. The third-order valence-electron chi connectivity index (χ3n) is 7.82. The molecule has 48 heavy (non-hydrogen) atoms. The van der Waals surface area contributed by atoms with Crippen molar-refractivity contribution in [3.63, 3.8) is 0 Å². The van der Waals surface area contributed by atoms with Crippen LogP contribution in [-0.2, 0) is 47.0 Å². The zero-order chi connectivity index (χ0) is 35.1. The number of hydrogen-bond donors (Lipinski definition) is 2. The maximum atomic E-state index is 13.8. The predicted molar refractivity (Wildman–Crippen MR) is 178 cm³/mol. The third-order valence-corrected chi connectivity index (χ3v) is 9.75. The number of esters is 1. The molecule has 3 aliphatic rings. The summed E-state index contributed by atoms with van der Waals surface area (Å²) in [5.41, 5.74) is 10.4. The number of β-lactam (4-membered cyclic amide) rings is 1. The predicted octanol–water partition coefficient (Wildman–Crippen LogP) is 1.34. The van der Waals surface area contributed by atoms with Crippen LogP contribution in [0.3, 0.4) is 0 Å². The summed E-state index contributed by atoms with van der Waals surface area (Å²) in [4.78, 5) is 78.9. The highest BCUT2D eigenvalue weighted by atomic mass is 32.2. The van der Waals surface area contributed by atoms with Gasteiger partial charge in [0.2, 0.25) is 17.3 Å². The fourth-order valence-corrected chi connectivity index (χ4v) is 7.33. The lowest BCUT2D eigenvalue weighted by Gasteiger charge is -2.48. The van der Waals surface area contributed by atoms with E-state index in [-0.39, 0.29) is 53.7 Å². The molecule has 16 nitrogen and oxygen atoms in total. The molecule has 4 N–H and O–H groups in total. The second-order valence-electron chi connectivity index (χ2n) is 13.2. The molecule has 0 unspecified atom stereocenters. The second kappa shape index (κ2) is 13.4. The lowest BCUT2D eigenvalue weighted by Crippen LogP contribution is -2.61. The van der Waals surface area contributed by atoms with Gasteiger partial charge in [0.25, 0.3) is 5.91 Å². The number of carbonyl (C=O) groups is 5. The van der Waals surface area contributed by atoms with Gasteiger partial charge in [-0.3, -0.25) is 33.7 Å². The van der Waals surface area contributed by atoms with Gasteiger partial charge in [-0.1, -0.05) is 5.16 Å². The molecule has 2 aromatic rings. The summed E-state index contributed by atoms with van der Waals surface area (Å²) in [6.45, 7) is 8.69. The molecule has 0 saturated carbocycles. The minimum absolute atomic E-state index is 0.00244. The van der Waals surface area contributed by atoms with Crippen LogP contribution in [0.1, 0.15) is 65.3 Å². The van der Waals surface area contributed by atoms with Crippen molar-refractivity contribution >= 4 is 69.3 Å². The van der Waals surface area contributed by atoms with E-state index in [0.29, 0.717) is 42.2 Å². The average Bonchev–Trinajstić information content (AvgIpc) is 3.69. The number of hydrogen-bond acceptors (Lipinski definition) is 15. The number of amides is 2. The average molecular weight is 702 g/mol. The van der Waals surface area contributed by atoms with Gasteiger partial charge in [-0.15, -0.1) is 11.8 Å². The summed E-state index contributed by atoms with van der Waals surface area (Å²) in [7, 11) is 1.70. The van der Waals surface area contributed by atoms with Crippen LogP contribution in [-0.4, -0.2) is 94.5 Å². The monoisotopic (exact) mass is 701 g/mol. The van der Waals surface area contributed by atoms with Crippen LogP contribution >= 0.6 is 23.3 Å². The number of thioether (sulfide) groups is 1. The third kappa shape index (κ3) is 7.00. The highest BCUT2D eigenvalue weighted by Gasteiger charge is 2.56. The van der Waals surface area contributed by atoms with E-state index in [9.17, 15) is 24.0 Å². The Hall–Kier alpha value is -4.16. The van der Waals surface area contributed by atoms with E-state index in [2.05, 4.69) is 19.6 Å². The molecular weight excluding hydrogens is 663 g/mol. The van der Waals surface area contributed by atoms with Crippen LogP contribution in [0.2, 0.25) is 0 Å². The van der Waals surface area contributed by atoms with Crippen LogP contribution in [0.25, 0.3) is 0 Å². The summed E-state index contributed by atoms with van der Waals surface area (Å²) < 4.78 is 11.1. The highest BCUT2D eigenvalue weighted by Crippen LogP contribution is 2.48. The molecule has 18 heteroatoms. The van der Waals surface area contributed by atoms with Crippen molar-refractivity contribution in [1.82, 2.24) is 24.0 Å². The molecule has 0 radical (unpaired) electrons. The number of anilines is 2. The van der Waals surface area contributed by atoms with E-state index in [1.54, 1.807) is 43.6 Å². The van der Waals surface area contributed by atoms with Gasteiger partial charge in [0.15, 0.2) is 16.6 Å². The Balaban J connectivity index is 1.31. The first kappa shape index (κ1) is 35.2. The zero-order valence-electron chi connectivity index (χ0n) is 27.6. The van der Waals surface area contributed by atoms with Gasteiger partial charge >= 0.3 is 5.97 Å². The largest absolute Gasteiger partial charge is 0.457 e. The van der Waals surface area contributed by atoms with Gasteiger partial charge in [-0.25, -0.2) is 4.79 Å². The summed E-state index contributed by atoms with van der Waals surface area (Å²) in [6, 6.07) is 0. The summed E-state index contributed by atoms with van der Waals surface area (Å²) in [5.74, 6) is -1.93. The lowest BCUT2D eigenvalue weighted by atomic mass is 9.89. The topological polar surface area (TPSA) is 218 Å². The first-order chi connectivity index (χ1) is 22.5. The fourth-order valence-electron chi connectivity index (χ4n) is 5.49. The number of aryl methyl sites for hydroxylation is 1. The Labute approximate surface area is 285 Å². The zero-order valence-corrected chi connectivity index (χ0v) is 29.3. The van der Waals surface area contributed by atoms with E-state index in [0.717, 1.165) is 17.1 Å². The van der Waals surface area contributed by atoms with Crippen molar-refractivity contribution in [2.45, 2.75) is 76.9 Å². The number of fused-ring (bicyclic) bond motifs is 2. The van der Waals surface area contributed by atoms with Crippen LogP contribution in [0.5, 0.6) is 0 Å².